The fraction of sp³-hybridized carbons (Fsp3) is 0.552. The Morgan fingerprint density at radius 3 is 2.49 bits per heavy atom. The van der Waals surface area contributed by atoms with Crippen LogP contribution in [0.4, 0.5) is 5.69 Å². The molecule has 2 fully saturated rings. The number of aliphatic hydroxyl groups is 1. The molecule has 1 unspecified atom stereocenters. The maximum Gasteiger partial charge on any atom is 0.313 e. The number of benzene rings is 1. The molecule has 0 radical (unpaired) electrons. The van der Waals surface area contributed by atoms with E-state index in [0.717, 1.165) is 16.8 Å². The van der Waals surface area contributed by atoms with Crippen LogP contribution in [-0.4, -0.2) is 71.3 Å². The first kappa shape index (κ1) is 25.7. The fourth-order valence-electron chi connectivity index (χ4n) is 6.79. The number of hydrogen-bond donors (Lipinski definition) is 1. The largest absolute Gasteiger partial charge is 0.465 e. The highest BCUT2D eigenvalue weighted by Crippen LogP contribution is 2.58. The highest BCUT2D eigenvalue weighted by atomic mass is 16.6. The summed E-state index contributed by atoms with van der Waals surface area (Å²) in [6.45, 7) is 6.76. The summed E-state index contributed by atoms with van der Waals surface area (Å²) in [6.07, 6.45) is 9.71. The quantitative estimate of drug-likeness (QED) is 0.361. The zero-order valence-electron chi connectivity index (χ0n) is 21.8. The van der Waals surface area contributed by atoms with Gasteiger partial charge < -0.3 is 24.4 Å². The Morgan fingerprint density at radius 1 is 1.03 bits per heavy atom. The normalized spacial score (nSPS) is 33.0. The van der Waals surface area contributed by atoms with Crippen LogP contribution in [0.2, 0.25) is 0 Å². The molecule has 0 bridgehead atoms. The van der Waals surface area contributed by atoms with Crippen LogP contribution in [0, 0.1) is 25.7 Å². The van der Waals surface area contributed by atoms with Crippen molar-refractivity contribution in [1.29, 1.82) is 0 Å². The van der Waals surface area contributed by atoms with E-state index < -0.39 is 35.0 Å². The SMILES string of the molecule is CC[C@]12C=CCCOC(=O)[C@H]1[C@H]1C(=O)N(CCCCO)C3C(=O)N(c4c(C)cccc4C)CC=C[C@@]31O2. The van der Waals surface area contributed by atoms with E-state index in [1.54, 1.807) is 9.80 Å². The molecule has 8 heteroatoms. The van der Waals surface area contributed by atoms with E-state index in [4.69, 9.17) is 9.47 Å². The number of ether oxygens (including phenoxy) is 2. The van der Waals surface area contributed by atoms with Gasteiger partial charge in [0.1, 0.15) is 23.2 Å². The maximum absolute atomic E-state index is 14.5. The number of esters is 1. The number of carbonyl (C=O) groups is 3. The molecule has 8 nitrogen and oxygen atoms in total. The highest BCUT2D eigenvalue weighted by molar-refractivity contribution is 6.06. The van der Waals surface area contributed by atoms with E-state index in [-0.39, 0.29) is 25.0 Å². The highest BCUT2D eigenvalue weighted by Gasteiger charge is 2.75. The van der Waals surface area contributed by atoms with Crippen molar-refractivity contribution in [2.75, 3.05) is 31.2 Å². The number of cyclic esters (lactones) is 1. The molecule has 0 aliphatic carbocycles. The minimum absolute atomic E-state index is 0.00115. The molecular weight excluding hydrogens is 472 g/mol. The molecule has 198 valence electrons. The Bertz CT molecular complexity index is 1140. The molecule has 2 saturated heterocycles. The molecule has 1 spiro atoms. The molecule has 2 amide bonds. The second kappa shape index (κ2) is 9.72. The molecule has 4 heterocycles. The first-order valence-electron chi connectivity index (χ1n) is 13.3. The van der Waals surface area contributed by atoms with Crippen LogP contribution in [0.5, 0.6) is 0 Å². The van der Waals surface area contributed by atoms with Gasteiger partial charge in [0.25, 0.3) is 5.91 Å². The Kier molecular flexibility index (Phi) is 6.75. The molecule has 1 aromatic carbocycles. The van der Waals surface area contributed by atoms with Crippen molar-refractivity contribution in [3.8, 4) is 0 Å². The number of carbonyl (C=O) groups excluding carboxylic acids is 3. The number of aliphatic hydroxyl groups excluding tert-OH is 1. The first-order chi connectivity index (χ1) is 17.8. The predicted molar refractivity (Wildman–Crippen MR) is 138 cm³/mol. The van der Waals surface area contributed by atoms with Gasteiger partial charge in [-0.25, -0.2) is 0 Å². The van der Waals surface area contributed by atoms with Crippen molar-refractivity contribution >= 4 is 23.5 Å². The number of aryl methyl sites for hydroxylation is 2. The minimum atomic E-state index is -1.30. The lowest BCUT2D eigenvalue weighted by molar-refractivity contribution is -0.160. The Morgan fingerprint density at radius 2 is 1.78 bits per heavy atom. The number of rotatable bonds is 6. The average Bonchev–Trinajstić information content (AvgIpc) is 3.21. The lowest BCUT2D eigenvalue weighted by Gasteiger charge is -2.39. The molecule has 4 aliphatic rings. The average molecular weight is 509 g/mol. The smallest absolute Gasteiger partial charge is 0.313 e. The maximum atomic E-state index is 14.5. The van der Waals surface area contributed by atoms with Crippen molar-refractivity contribution in [2.45, 2.75) is 63.7 Å². The molecule has 0 aromatic heterocycles. The third kappa shape index (κ3) is 3.84. The number of fused-ring (bicyclic) bond motifs is 2. The summed E-state index contributed by atoms with van der Waals surface area (Å²) in [5.41, 5.74) is 0.430. The van der Waals surface area contributed by atoms with Gasteiger partial charge in [0, 0.05) is 25.4 Å². The van der Waals surface area contributed by atoms with Gasteiger partial charge in [0.2, 0.25) is 5.91 Å². The molecule has 0 saturated carbocycles. The van der Waals surface area contributed by atoms with E-state index >= 15 is 0 Å². The third-order valence-corrected chi connectivity index (χ3v) is 8.42. The van der Waals surface area contributed by atoms with E-state index in [9.17, 15) is 19.5 Å². The summed E-state index contributed by atoms with van der Waals surface area (Å²) in [5.74, 6) is -2.67. The van der Waals surface area contributed by atoms with Crippen LogP contribution < -0.4 is 4.90 Å². The van der Waals surface area contributed by atoms with Crippen LogP contribution in [0.25, 0.3) is 0 Å². The summed E-state index contributed by atoms with van der Waals surface area (Å²) in [6, 6.07) is 4.98. The second-order valence-corrected chi connectivity index (χ2v) is 10.5. The van der Waals surface area contributed by atoms with E-state index in [0.29, 0.717) is 38.8 Å². The summed E-state index contributed by atoms with van der Waals surface area (Å²) in [7, 11) is 0. The lowest BCUT2D eigenvalue weighted by Crippen LogP contribution is -2.56. The van der Waals surface area contributed by atoms with Gasteiger partial charge in [-0.15, -0.1) is 0 Å². The van der Waals surface area contributed by atoms with Crippen molar-refractivity contribution in [3.63, 3.8) is 0 Å². The standard InChI is InChI=1S/C29H36N2O6/c1-4-28-13-5-8-18-36-27(35)22(28)21-25(33)31(15-6-7-17-32)24-26(34)30(16-10-14-29(21,24)37-28)23-19(2)11-9-12-20(23)3/h5,9-14,21-22,24,32H,4,6-8,15-18H2,1-3H3/t21-,22+,24?,28-,29-/m0/s1. The van der Waals surface area contributed by atoms with Crippen molar-refractivity contribution in [3.05, 3.63) is 53.6 Å². The summed E-state index contributed by atoms with van der Waals surface area (Å²) in [4.78, 5) is 45.4. The second-order valence-electron chi connectivity index (χ2n) is 10.5. The van der Waals surface area contributed by atoms with Crippen LogP contribution >= 0.6 is 0 Å². The fourth-order valence-corrected chi connectivity index (χ4v) is 6.79. The van der Waals surface area contributed by atoms with E-state index in [1.807, 2.05) is 63.3 Å². The molecule has 4 aliphatic heterocycles. The van der Waals surface area contributed by atoms with Crippen LogP contribution in [0.3, 0.4) is 0 Å². The number of nitrogens with zero attached hydrogens (tertiary/aromatic N) is 2. The third-order valence-electron chi connectivity index (χ3n) is 8.42. The Balaban J connectivity index is 1.66. The van der Waals surface area contributed by atoms with Crippen molar-refractivity contribution < 1.29 is 29.0 Å². The summed E-state index contributed by atoms with van der Waals surface area (Å²) in [5, 5.41) is 9.38. The topological polar surface area (TPSA) is 96.4 Å². The van der Waals surface area contributed by atoms with Gasteiger partial charge in [0.15, 0.2) is 0 Å². The molecule has 1 aromatic rings. The number of likely N-dealkylation sites (tertiary alicyclic amines) is 1. The molecule has 5 rings (SSSR count). The Labute approximate surface area is 217 Å². The number of anilines is 1. The molecule has 5 atom stereocenters. The lowest BCUT2D eigenvalue weighted by atomic mass is 9.73. The van der Waals surface area contributed by atoms with Crippen LogP contribution in [0.15, 0.2) is 42.5 Å². The zero-order valence-corrected chi connectivity index (χ0v) is 21.8. The van der Waals surface area contributed by atoms with E-state index in [2.05, 4.69) is 0 Å². The van der Waals surface area contributed by atoms with Crippen molar-refractivity contribution in [2.24, 2.45) is 11.8 Å². The van der Waals surface area contributed by atoms with Gasteiger partial charge in [-0.05, 0) is 50.7 Å². The monoisotopic (exact) mass is 508 g/mol. The van der Waals surface area contributed by atoms with Gasteiger partial charge in [-0.2, -0.15) is 0 Å². The Hall–Kier alpha value is -2.97. The number of hydrogen-bond acceptors (Lipinski definition) is 6. The van der Waals surface area contributed by atoms with Gasteiger partial charge >= 0.3 is 5.97 Å². The van der Waals surface area contributed by atoms with E-state index in [1.165, 1.54) is 0 Å². The number of para-hydroxylation sites is 1. The molecule has 1 N–H and O–H groups in total. The van der Waals surface area contributed by atoms with Crippen LogP contribution in [0.1, 0.15) is 43.7 Å². The number of amides is 2. The van der Waals surface area contributed by atoms with Gasteiger partial charge in [-0.1, -0.05) is 49.4 Å². The minimum Gasteiger partial charge on any atom is -0.465 e. The van der Waals surface area contributed by atoms with Crippen LogP contribution in [-0.2, 0) is 23.9 Å². The summed E-state index contributed by atoms with van der Waals surface area (Å²) < 4.78 is 12.5. The number of unbranched alkanes of at least 4 members (excludes halogenated alkanes) is 1. The molecular formula is C29H36N2O6. The van der Waals surface area contributed by atoms with Crippen molar-refractivity contribution in [1.82, 2.24) is 4.90 Å². The predicted octanol–water partition coefficient (Wildman–Crippen LogP) is 2.84. The van der Waals surface area contributed by atoms with Gasteiger partial charge in [-0.3, -0.25) is 14.4 Å². The first-order valence-corrected chi connectivity index (χ1v) is 13.3. The summed E-state index contributed by atoms with van der Waals surface area (Å²) >= 11 is 0. The molecule has 37 heavy (non-hydrogen) atoms. The van der Waals surface area contributed by atoms with Gasteiger partial charge in [0.05, 0.1) is 12.5 Å². The zero-order chi connectivity index (χ0) is 26.4.